The Balaban J connectivity index is 1.43. The fourth-order valence-electron chi connectivity index (χ4n) is 3.94. The van der Waals surface area contributed by atoms with Crippen molar-refractivity contribution in [1.29, 1.82) is 0 Å². The van der Waals surface area contributed by atoms with Gasteiger partial charge in [-0.25, -0.2) is 4.98 Å². The van der Waals surface area contributed by atoms with Crippen molar-refractivity contribution in [1.82, 2.24) is 20.1 Å². The maximum atomic E-state index is 13.3. The quantitative estimate of drug-likeness (QED) is 0.506. The average Bonchev–Trinajstić information content (AvgIpc) is 3.40. The molecule has 2 aromatic carbocycles. The maximum Gasteiger partial charge on any atom is 0.258 e. The molecule has 1 aliphatic rings. The Bertz CT molecular complexity index is 1310. The van der Waals surface area contributed by atoms with Gasteiger partial charge in [-0.05, 0) is 36.8 Å². The molecule has 5 rings (SSSR count). The lowest BCUT2D eigenvalue weighted by atomic mass is 10.0. The van der Waals surface area contributed by atoms with Gasteiger partial charge in [0, 0.05) is 19.2 Å². The predicted octanol–water partition coefficient (Wildman–Crippen LogP) is 4.20. The Morgan fingerprint density at radius 1 is 1.23 bits per heavy atom. The summed E-state index contributed by atoms with van der Waals surface area (Å²) in [5.41, 5.74) is 5.06. The predicted molar refractivity (Wildman–Crippen MR) is 121 cm³/mol. The summed E-state index contributed by atoms with van der Waals surface area (Å²) in [5.74, 6) is -0.364. The Labute approximate surface area is 187 Å². The third-order valence-corrected chi connectivity index (χ3v) is 6.61. The third kappa shape index (κ3) is 3.47. The van der Waals surface area contributed by atoms with Crippen LogP contribution in [0.3, 0.4) is 0 Å². The fourth-order valence-corrected chi connectivity index (χ4v) is 4.82. The Hall–Kier alpha value is -3.23. The van der Waals surface area contributed by atoms with Crippen molar-refractivity contribution in [2.45, 2.75) is 12.5 Å². The van der Waals surface area contributed by atoms with E-state index in [-0.39, 0.29) is 17.9 Å². The summed E-state index contributed by atoms with van der Waals surface area (Å²) in [7, 11) is 1.81. The van der Waals surface area contributed by atoms with Gasteiger partial charge in [-0.1, -0.05) is 23.7 Å². The number of nitrogens with one attached hydrogen (secondary N) is 1. The molecule has 0 saturated carbocycles. The van der Waals surface area contributed by atoms with Gasteiger partial charge in [-0.2, -0.15) is 5.10 Å². The van der Waals surface area contributed by atoms with Crippen LogP contribution in [0.1, 0.15) is 38.9 Å². The van der Waals surface area contributed by atoms with Gasteiger partial charge in [0.15, 0.2) is 0 Å². The summed E-state index contributed by atoms with van der Waals surface area (Å²) >= 11 is 7.72. The lowest BCUT2D eigenvalue weighted by Crippen LogP contribution is -2.41. The van der Waals surface area contributed by atoms with Gasteiger partial charge in [0.1, 0.15) is 0 Å². The molecule has 3 heterocycles. The highest BCUT2D eigenvalue weighted by atomic mass is 35.5. The summed E-state index contributed by atoms with van der Waals surface area (Å²) in [6, 6.07) is 12.2. The van der Waals surface area contributed by atoms with E-state index in [4.69, 9.17) is 11.6 Å². The lowest BCUT2D eigenvalue weighted by Gasteiger charge is -2.32. The zero-order valence-corrected chi connectivity index (χ0v) is 18.2. The van der Waals surface area contributed by atoms with Crippen LogP contribution in [0.15, 0.2) is 54.2 Å². The molecule has 0 bridgehead atoms. The van der Waals surface area contributed by atoms with E-state index in [0.717, 1.165) is 15.9 Å². The number of hydrogen-bond donors (Lipinski definition) is 1. The highest BCUT2D eigenvalue weighted by Crippen LogP contribution is 2.35. The van der Waals surface area contributed by atoms with Crippen LogP contribution >= 0.6 is 22.9 Å². The molecular formula is C22H18ClN5O2S. The molecular weight excluding hydrogens is 434 g/mol. The molecule has 7 nitrogen and oxygen atoms in total. The number of carbonyl (C=O) groups excluding carboxylic acids is 2. The summed E-state index contributed by atoms with van der Waals surface area (Å²) in [5, 5.41) is 7.80. The van der Waals surface area contributed by atoms with E-state index in [1.54, 1.807) is 56.9 Å². The molecule has 31 heavy (non-hydrogen) atoms. The number of hydrogen-bond acceptors (Lipinski definition) is 5. The second-order valence-electron chi connectivity index (χ2n) is 7.32. The standard InChI is InChI=1S/C22H18ClN5O2S/c1-27-20-16(26-21(29)14-4-2-3-5-15(14)23)8-9-28(18(20)11-25-27)22(30)13-6-7-19-17(10-13)24-12-31-19/h2-7,10-12,16H,8-9H2,1H3,(H,26,29). The molecule has 1 unspecified atom stereocenters. The Morgan fingerprint density at radius 2 is 2.06 bits per heavy atom. The first kappa shape index (κ1) is 19.7. The minimum absolute atomic E-state index is 0.111. The summed E-state index contributed by atoms with van der Waals surface area (Å²) in [6.07, 6.45) is 2.23. The van der Waals surface area contributed by atoms with Gasteiger partial charge in [0.05, 0.1) is 49.9 Å². The number of anilines is 1. The van der Waals surface area contributed by atoms with Gasteiger partial charge in [-0.15, -0.1) is 11.3 Å². The van der Waals surface area contributed by atoms with Crippen LogP contribution in [0.4, 0.5) is 5.69 Å². The maximum absolute atomic E-state index is 13.3. The van der Waals surface area contributed by atoms with Crippen molar-refractivity contribution in [3.63, 3.8) is 0 Å². The Kier molecular flexibility index (Phi) is 4.95. The van der Waals surface area contributed by atoms with E-state index < -0.39 is 0 Å². The monoisotopic (exact) mass is 451 g/mol. The second-order valence-corrected chi connectivity index (χ2v) is 8.62. The van der Waals surface area contributed by atoms with Crippen LogP contribution < -0.4 is 10.2 Å². The van der Waals surface area contributed by atoms with Gasteiger partial charge in [0.2, 0.25) is 0 Å². The van der Waals surface area contributed by atoms with Gasteiger partial charge >= 0.3 is 0 Å². The van der Waals surface area contributed by atoms with Crippen molar-refractivity contribution in [2.75, 3.05) is 11.4 Å². The first-order chi connectivity index (χ1) is 15.0. The third-order valence-electron chi connectivity index (χ3n) is 5.47. The van der Waals surface area contributed by atoms with E-state index in [0.29, 0.717) is 34.8 Å². The molecule has 156 valence electrons. The summed E-state index contributed by atoms with van der Waals surface area (Å²) in [6.45, 7) is 0.458. The topological polar surface area (TPSA) is 80.1 Å². The molecule has 2 aromatic heterocycles. The normalized spacial score (nSPS) is 15.7. The zero-order valence-electron chi connectivity index (χ0n) is 16.6. The van der Waals surface area contributed by atoms with E-state index in [1.807, 2.05) is 25.2 Å². The van der Waals surface area contributed by atoms with E-state index in [1.165, 1.54) is 0 Å². The number of fused-ring (bicyclic) bond motifs is 2. The average molecular weight is 452 g/mol. The smallest absolute Gasteiger partial charge is 0.258 e. The molecule has 0 fully saturated rings. The molecule has 4 aromatic rings. The highest BCUT2D eigenvalue weighted by Gasteiger charge is 2.33. The minimum atomic E-state index is -0.281. The molecule has 1 atom stereocenters. The SMILES string of the molecule is Cn1ncc2c1C(NC(=O)c1ccccc1Cl)CCN2C(=O)c1ccc2scnc2c1. The number of aromatic nitrogens is 3. The number of thiazole rings is 1. The van der Waals surface area contributed by atoms with Crippen LogP contribution in [0.2, 0.25) is 5.02 Å². The molecule has 1 N–H and O–H groups in total. The molecule has 0 saturated heterocycles. The van der Waals surface area contributed by atoms with E-state index >= 15 is 0 Å². The molecule has 9 heteroatoms. The van der Waals surface area contributed by atoms with Gasteiger partial charge in [0.25, 0.3) is 11.8 Å². The van der Waals surface area contributed by atoms with Gasteiger partial charge < -0.3 is 10.2 Å². The number of aryl methyl sites for hydroxylation is 1. The van der Waals surface area contributed by atoms with E-state index in [9.17, 15) is 9.59 Å². The number of carbonyl (C=O) groups is 2. The van der Waals surface area contributed by atoms with Gasteiger partial charge in [-0.3, -0.25) is 14.3 Å². The number of halogens is 1. The minimum Gasteiger partial charge on any atom is -0.343 e. The van der Waals surface area contributed by atoms with Crippen molar-refractivity contribution in [3.05, 3.63) is 76.0 Å². The van der Waals surface area contributed by atoms with Crippen LogP contribution in [0.25, 0.3) is 10.2 Å². The second kappa shape index (κ2) is 7.79. The van der Waals surface area contributed by atoms with Crippen molar-refractivity contribution >= 4 is 50.7 Å². The first-order valence-electron chi connectivity index (χ1n) is 9.75. The highest BCUT2D eigenvalue weighted by molar-refractivity contribution is 7.16. The van der Waals surface area contributed by atoms with Crippen LogP contribution in [0, 0.1) is 0 Å². The summed E-state index contributed by atoms with van der Waals surface area (Å²) in [4.78, 5) is 32.1. The van der Waals surface area contributed by atoms with Crippen LogP contribution in [0.5, 0.6) is 0 Å². The van der Waals surface area contributed by atoms with E-state index in [2.05, 4.69) is 15.4 Å². The number of amides is 2. The first-order valence-corrected chi connectivity index (χ1v) is 11.0. The fraction of sp³-hybridized carbons (Fsp3) is 0.182. The van der Waals surface area contributed by atoms with Crippen molar-refractivity contribution in [3.8, 4) is 0 Å². The number of rotatable bonds is 3. The lowest BCUT2D eigenvalue weighted by molar-refractivity contribution is 0.0931. The molecule has 0 radical (unpaired) electrons. The largest absolute Gasteiger partial charge is 0.343 e. The molecule has 1 aliphatic heterocycles. The van der Waals surface area contributed by atoms with Crippen molar-refractivity contribution in [2.24, 2.45) is 7.05 Å². The molecule has 2 amide bonds. The Morgan fingerprint density at radius 3 is 2.90 bits per heavy atom. The van der Waals surface area contributed by atoms with Crippen LogP contribution in [-0.4, -0.2) is 33.1 Å². The molecule has 0 spiro atoms. The molecule has 0 aliphatic carbocycles. The van der Waals surface area contributed by atoms with Crippen LogP contribution in [-0.2, 0) is 7.05 Å². The van der Waals surface area contributed by atoms with Crippen molar-refractivity contribution < 1.29 is 9.59 Å². The number of benzene rings is 2. The number of nitrogens with zero attached hydrogens (tertiary/aromatic N) is 4. The zero-order chi connectivity index (χ0) is 21.5. The summed E-state index contributed by atoms with van der Waals surface area (Å²) < 4.78 is 2.75.